The fourth-order valence-corrected chi connectivity index (χ4v) is 5.31. The van der Waals surface area contributed by atoms with Gasteiger partial charge in [0.25, 0.3) is 11.8 Å². The molecule has 2 heterocycles. The van der Waals surface area contributed by atoms with E-state index in [0.717, 1.165) is 25.7 Å². The smallest absolute Gasteiger partial charge is 0.267 e. The molecule has 1 aromatic heterocycles. The number of hydrogen-bond donors (Lipinski definition) is 1. The van der Waals surface area contributed by atoms with Crippen molar-refractivity contribution in [2.24, 2.45) is 11.3 Å². The van der Waals surface area contributed by atoms with Gasteiger partial charge in [0.2, 0.25) is 5.91 Å². The molecule has 3 aliphatic rings. The van der Waals surface area contributed by atoms with E-state index >= 15 is 0 Å². The van der Waals surface area contributed by atoms with E-state index in [1.807, 2.05) is 22.4 Å². The monoisotopic (exact) mass is 368 g/mol. The largest absolute Gasteiger partial charge is 0.347 e. The molecule has 2 amide bonds. The summed E-state index contributed by atoms with van der Waals surface area (Å²) in [6.45, 7) is 1.20. The molecule has 1 spiro atoms. The van der Waals surface area contributed by atoms with Crippen LogP contribution in [0.2, 0.25) is 0 Å². The van der Waals surface area contributed by atoms with E-state index in [1.54, 1.807) is 0 Å². The highest BCUT2D eigenvalue weighted by Crippen LogP contribution is 2.50. The van der Waals surface area contributed by atoms with Crippen LogP contribution in [0.1, 0.15) is 48.2 Å². The molecule has 136 valence electrons. The van der Waals surface area contributed by atoms with Crippen molar-refractivity contribution in [2.75, 3.05) is 13.1 Å². The highest BCUT2D eigenvalue weighted by molar-refractivity contribution is 7.12. The summed E-state index contributed by atoms with van der Waals surface area (Å²) in [6, 6.07) is 2.66. The predicted octanol–water partition coefficient (Wildman–Crippen LogP) is 3.29. The van der Waals surface area contributed by atoms with Crippen LogP contribution in [-0.4, -0.2) is 41.8 Å². The topological polar surface area (TPSA) is 49.4 Å². The van der Waals surface area contributed by atoms with E-state index in [-0.39, 0.29) is 29.6 Å². The van der Waals surface area contributed by atoms with Crippen LogP contribution >= 0.6 is 11.3 Å². The van der Waals surface area contributed by atoms with E-state index in [1.165, 1.54) is 11.3 Å². The number of nitrogens with zero attached hydrogens (tertiary/aromatic N) is 1. The van der Waals surface area contributed by atoms with E-state index in [9.17, 15) is 18.4 Å². The summed E-state index contributed by atoms with van der Waals surface area (Å²) in [7, 11) is 0. The quantitative estimate of drug-likeness (QED) is 0.890. The van der Waals surface area contributed by atoms with Crippen molar-refractivity contribution in [2.45, 2.75) is 50.5 Å². The molecule has 0 bridgehead atoms. The summed E-state index contributed by atoms with van der Waals surface area (Å²) in [4.78, 5) is 27.8. The van der Waals surface area contributed by atoms with Crippen molar-refractivity contribution in [3.8, 4) is 0 Å². The molecule has 0 unspecified atom stereocenters. The van der Waals surface area contributed by atoms with Gasteiger partial charge in [-0.25, -0.2) is 8.78 Å². The van der Waals surface area contributed by atoms with Gasteiger partial charge in [0.05, 0.1) is 10.9 Å². The zero-order valence-corrected chi connectivity index (χ0v) is 14.8. The Morgan fingerprint density at radius 3 is 2.72 bits per heavy atom. The second-order valence-corrected chi connectivity index (χ2v) is 8.57. The van der Waals surface area contributed by atoms with Gasteiger partial charge in [-0.2, -0.15) is 0 Å². The van der Waals surface area contributed by atoms with Crippen molar-refractivity contribution < 1.29 is 18.4 Å². The number of hydrogen-bond acceptors (Lipinski definition) is 3. The van der Waals surface area contributed by atoms with Gasteiger partial charge in [0.15, 0.2) is 0 Å². The Hall–Kier alpha value is -1.50. The Kier molecular flexibility index (Phi) is 4.09. The molecule has 1 aromatic rings. The average molecular weight is 368 g/mol. The molecule has 2 aliphatic carbocycles. The Balaban J connectivity index is 1.44. The van der Waals surface area contributed by atoms with Gasteiger partial charge in [0, 0.05) is 30.8 Å². The standard InChI is InChI=1S/C18H22F2N2O2S/c19-18(20)7-5-14(18)21-15(23)12-3-1-6-17(12)8-9-22(11-17)16(24)13-4-2-10-25-13/h2,4,10,12,14H,1,3,5-9,11H2,(H,21,23)/t12-,14+,17+/m0/s1. The molecule has 0 aromatic carbocycles. The Bertz CT molecular complexity index is 679. The molecule has 3 atom stereocenters. The minimum Gasteiger partial charge on any atom is -0.347 e. The first-order valence-corrected chi connectivity index (χ1v) is 9.80. The molecule has 1 aliphatic heterocycles. The second-order valence-electron chi connectivity index (χ2n) is 7.62. The van der Waals surface area contributed by atoms with Crippen LogP contribution < -0.4 is 5.32 Å². The summed E-state index contributed by atoms with van der Waals surface area (Å²) < 4.78 is 27.0. The number of thiophene rings is 1. The Labute approximate surface area is 149 Å². The number of amides is 2. The van der Waals surface area contributed by atoms with Crippen LogP contribution in [-0.2, 0) is 4.79 Å². The highest BCUT2D eigenvalue weighted by atomic mass is 32.1. The van der Waals surface area contributed by atoms with E-state index < -0.39 is 12.0 Å². The van der Waals surface area contributed by atoms with Crippen molar-refractivity contribution in [1.29, 1.82) is 0 Å². The number of likely N-dealkylation sites (tertiary alicyclic amines) is 1. The van der Waals surface area contributed by atoms with Gasteiger partial charge in [-0.3, -0.25) is 9.59 Å². The van der Waals surface area contributed by atoms with Crippen molar-refractivity contribution in [3.05, 3.63) is 22.4 Å². The third-order valence-corrected chi connectivity index (χ3v) is 7.08. The second kappa shape index (κ2) is 6.04. The van der Waals surface area contributed by atoms with E-state index in [4.69, 9.17) is 0 Å². The third-order valence-electron chi connectivity index (χ3n) is 6.22. The lowest BCUT2D eigenvalue weighted by Crippen LogP contribution is -2.57. The number of nitrogens with one attached hydrogen (secondary N) is 1. The molecule has 1 saturated heterocycles. The lowest BCUT2D eigenvalue weighted by atomic mass is 9.76. The molecule has 2 saturated carbocycles. The summed E-state index contributed by atoms with van der Waals surface area (Å²) >= 11 is 1.42. The number of alkyl halides is 2. The summed E-state index contributed by atoms with van der Waals surface area (Å²) in [6.07, 6.45) is 3.52. The first kappa shape index (κ1) is 16.9. The van der Waals surface area contributed by atoms with E-state index in [2.05, 4.69) is 5.32 Å². The van der Waals surface area contributed by atoms with Gasteiger partial charge in [-0.05, 0) is 37.1 Å². The maximum Gasteiger partial charge on any atom is 0.267 e. The molecule has 3 fully saturated rings. The maximum atomic E-state index is 13.5. The molecule has 25 heavy (non-hydrogen) atoms. The highest BCUT2D eigenvalue weighted by Gasteiger charge is 2.54. The van der Waals surface area contributed by atoms with Crippen LogP contribution in [0.5, 0.6) is 0 Å². The molecule has 4 rings (SSSR count). The number of carbonyl (C=O) groups is 2. The van der Waals surface area contributed by atoms with Gasteiger partial charge in [-0.1, -0.05) is 12.5 Å². The van der Waals surface area contributed by atoms with Gasteiger partial charge < -0.3 is 10.2 Å². The Morgan fingerprint density at radius 2 is 2.08 bits per heavy atom. The number of halogens is 2. The minimum atomic E-state index is -2.77. The Morgan fingerprint density at radius 1 is 1.24 bits per heavy atom. The summed E-state index contributed by atoms with van der Waals surface area (Å²) in [5.74, 6) is -3.25. The van der Waals surface area contributed by atoms with Crippen molar-refractivity contribution in [3.63, 3.8) is 0 Å². The number of rotatable bonds is 3. The van der Waals surface area contributed by atoms with Crippen LogP contribution in [0.25, 0.3) is 0 Å². The zero-order chi connectivity index (χ0) is 17.7. The average Bonchev–Trinajstić information content (AvgIpc) is 3.33. The molecule has 1 N–H and O–H groups in total. The maximum absolute atomic E-state index is 13.5. The third kappa shape index (κ3) is 2.86. The fourth-order valence-electron chi connectivity index (χ4n) is 4.62. The van der Waals surface area contributed by atoms with Crippen LogP contribution in [0.4, 0.5) is 8.78 Å². The van der Waals surface area contributed by atoms with Gasteiger partial charge in [-0.15, -0.1) is 11.3 Å². The summed E-state index contributed by atoms with van der Waals surface area (Å²) in [5, 5.41) is 4.46. The van der Waals surface area contributed by atoms with Crippen molar-refractivity contribution >= 4 is 23.2 Å². The predicted molar refractivity (Wildman–Crippen MR) is 90.7 cm³/mol. The molecule has 0 radical (unpaired) electrons. The molecular formula is C18H22F2N2O2S. The van der Waals surface area contributed by atoms with Crippen LogP contribution in [0.15, 0.2) is 17.5 Å². The first-order chi connectivity index (χ1) is 11.9. The normalized spacial score (nSPS) is 33.4. The van der Waals surface area contributed by atoms with Gasteiger partial charge >= 0.3 is 0 Å². The first-order valence-electron chi connectivity index (χ1n) is 8.92. The van der Waals surface area contributed by atoms with Gasteiger partial charge in [0.1, 0.15) is 0 Å². The van der Waals surface area contributed by atoms with Crippen LogP contribution in [0.3, 0.4) is 0 Å². The SMILES string of the molecule is O=C(N[C@@H]1CCC1(F)F)[C@@H]1CCC[C@]12CCN(C(=O)c1cccs1)C2. The summed E-state index contributed by atoms with van der Waals surface area (Å²) in [5.41, 5.74) is -0.240. The zero-order valence-electron chi connectivity index (χ0n) is 14.0. The minimum absolute atomic E-state index is 0.0171. The van der Waals surface area contributed by atoms with Crippen LogP contribution in [0, 0.1) is 11.3 Å². The van der Waals surface area contributed by atoms with E-state index in [0.29, 0.717) is 24.4 Å². The molecular weight excluding hydrogens is 346 g/mol. The van der Waals surface area contributed by atoms with Crippen molar-refractivity contribution in [1.82, 2.24) is 10.2 Å². The fraction of sp³-hybridized carbons (Fsp3) is 0.667. The molecule has 4 nitrogen and oxygen atoms in total. The number of carbonyl (C=O) groups excluding carboxylic acids is 2. The lowest BCUT2D eigenvalue weighted by Gasteiger charge is -2.39. The molecule has 7 heteroatoms. The lowest BCUT2D eigenvalue weighted by molar-refractivity contribution is -0.142.